The quantitative estimate of drug-likeness (QED) is 0.895. The number of aromatic nitrogens is 1. The lowest BCUT2D eigenvalue weighted by molar-refractivity contribution is 0.150. The van der Waals surface area contributed by atoms with Crippen LogP contribution >= 0.6 is 11.3 Å². The summed E-state index contributed by atoms with van der Waals surface area (Å²) in [6, 6.07) is -0.796. The molecule has 0 saturated heterocycles. The van der Waals surface area contributed by atoms with Crippen molar-refractivity contribution in [1.82, 2.24) is 4.98 Å². The minimum atomic E-state index is -0.887. The maximum atomic E-state index is 10.7. The van der Waals surface area contributed by atoms with E-state index in [-0.39, 0.29) is 12.0 Å². The SMILES string of the molecule is CCOC1=N[C@H](C(C)C)C(OCC)=NC1[C@H](O)c1nc(C)cs1. The van der Waals surface area contributed by atoms with Crippen LogP contribution in [0.2, 0.25) is 0 Å². The number of nitrogens with zero attached hydrogens (tertiary/aromatic N) is 3. The molecule has 2 rings (SSSR count). The summed E-state index contributed by atoms with van der Waals surface area (Å²) in [5, 5.41) is 13.2. The molecular weight excluding hydrogens is 314 g/mol. The number of rotatable bonds is 5. The molecule has 0 spiro atoms. The third-order valence-corrected chi connectivity index (χ3v) is 4.48. The van der Waals surface area contributed by atoms with Crippen LogP contribution in [0.25, 0.3) is 0 Å². The molecule has 128 valence electrons. The van der Waals surface area contributed by atoms with Gasteiger partial charge < -0.3 is 14.6 Å². The molecule has 0 amide bonds. The van der Waals surface area contributed by atoms with Gasteiger partial charge in [-0.1, -0.05) is 13.8 Å². The number of hydrogen-bond donors (Lipinski definition) is 1. The monoisotopic (exact) mass is 339 g/mol. The van der Waals surface area contributed by atoms with Gasteiger partial charge in [0.15, 0.2) is 6.04 Å². The Morgan fingerprint density at radius 2 is 1.70 bits per heavy atom. The van der Waals surface area contributed by atoms with E-state index in [0.29, 0.717) is 30.0 Å². The van der Waals surface area contributed by atoms with Crippen LogP contribution in [0.1, 0.15) is 44.5 Å². The van der Waals surface area contributed by atoms with Crippen molar-refractivity contribution in [2.24, 2.45) is 15.9 Å². The van der Waals surface area contributed by atoms with Crippen LogP contribution in [-0.2, 0) is 9.47 Å². The summed E-state index contributed by atoms with van der Waals surface area (Å²) in [6.07, 6.45) is -0.887. The Kier molecular flexibility index (Phi) is 6.12. The third-order valence-electron chi connectivity index (χ3n) is 3.44. The molecule has 2 heterocycles. The van der Waals surface area contributed by atoms with E-state index >= 15 is 0 Å². The molecule has 7 heteroatoms. The highest BCUT2D eigenvalue weighted by molar-refractivity contribution is 7.09. The highest BCUT2D eigenvalue weighted by Gasteiger charge is 2.37. The highest BCUT2D eigenvalue weighted by Crippen LogP contribution is 2.28. The van der Waals surface area contributed by atoms with E-state index in [1.165, 1.54) is 11.3 Å². The molecule has 0 aliphatic carbocycles. The first-order chi connectivity index (χ1) is 11.0. The summed E-state index contributed by atoms with van der Waals surface area (Å²) in [7, 11) is 0. The number of ether oxygens (including phenoxy) is 2. The second-order valence-electron chi connectivity index (χ2n) is 5.71. The van der Waals surface area contributed by atoms with Gasteiger partial charge in [-0.05, 0) is 26.7 Å². The Hall–Kier alpha value is -1.47. The number of thiazole rings is 1. The van der Waals surface area contributed by atoms with Gasteiger partial charge in [-0.25, -0.2) is 15.0 Å². The average molecular weight is 339 g/mol. The Morgan fingerprint density at radius 3 is 2.17 bits per heavy atom. The number of aliphatic imine (C=N–C) groups is 2. The lowest BCUT2D eigenvalue weighted by atomic mass is 10.0. The van der Waals surface area contributed by atoms with E-state index in [0.717, 1.165) is 5.69 Å². The summed E-state index contributed by atoms with van der Waals surface area (Å²) in [5.74, 6) is 1.24. The van der Waals surface area contributed by atoms with Crippen LogP contribution in [0, 0.1) is 12.8 Å². The number of aliphatic hydroxyl groups excluding tert-OH is 1. The van der Waals surface area contributed by atoms with Crippen molar-refractivity contribution in [3.63, 3.8) is 0 Å². The van der Waals surface area contributed by atoms with Gasteiger partial charge >= 0.3 is 0 Å². The number of aryl methyl sites for hydroxylation is 1. The predicted octanol–water partition coefficient (Wildman–Crippen LogP) is 2.76. The van der Waals surface area contributed by atoms with Crippen LogP contribution < -0.4 is 0 Å². The molecule has 0 saturated carbocycles. The molecule has 23 heavy (non-hydrogen) atoms. The van der Waals surface area contributed by atoms with E-state index < -0.39 is 12.1 Å². The van der Waals surface area contributed by atoms with Gasteiger partial charge in [0.05, 0.1) is 13.2 Å². The van der Waals surface area contributed by atoms with Crippen LogP contribution in [-0.4, -0.2) is 47.2 Å². The Labute approximate surface area is 141 Å². The maximum absolute atomic E-state index is 10.7. The molecule has 1 aliphatic heterocycles. The smallest absolute Gasteiger partial charge is 0.212 e. The van der Waals surface area contributed by atoms with E-state index in [9.17, 15) is 5.11 Å². The van der Waals surface area contributed by atoms with Gasteiger partial charge in [0.25, 0.3) is 0 Å². The fourth-order valence-corrected chi connectivity index (χ4v) is 3.17. The topological polar surface area (TPSA) is 76.3 Å². The largest absolute Gasteiger partial charge is 0.480 e. The Bertz CT molecular complexity index is 583. The molecule has 0 fully saturated rings. The summed E-state index contributed by atoms with van der Waals surface area (Å²) in [4.78, 5) is 13.6. The normalized spacial score (nSPS) is 22.6. The third kappa shape index (κ3) is 4.09. The van der Waals surface area contributed by atoms with Gasteiger partial charge in [0, 0.05) is 11.1 Å². The Balaban J connectivity index is 2.35. The van der Waals surface area contributed by atoms with Crippen molar-refractivity contribution in [1.29, 1.82) is 0 Å². The fraction of sp³-hybridized carbons (Fsp3) is 0.688. The highest BCUT2D eigenvalue weighted by atomic mass is 32.1. The predicted molar refractivity (Wildman–Crippen MR) is 92.3 cm³/mol. The zero-order valence-corrected chi connectivity index (χ0v) is 15.1. The fourth-order valence-electron chi connectivity index (χ4n) is 2.36. The summed E-state index contributed by atoms with van der Waals surface area (Å²) < 4.78 is 11.3. The van der Waals surface area contributed by atoms with Gasteiger partial charge in [0.2, 0.25) is 11.8 Å². The molecule has 1 aliphatic rings. The first-order valence-electron chi connectivity index (χ1n) is 7.98. The molecule has 1 aromatic rings. The van der Waals surface area contributed by atoms with Gasteiger partial charge in [-0.2, -0.15) is 0 Å². The molecular formula is C16H25N3O3S. The second-order valence-corrected chi connectivity index (χ2v) is 6.60. The zero-order chi connectivity index (χ0) is 17.0. The summed E-state index contributed by atoms with van der Waals surface area (Å²) >= 11 is 1.41. The lowest BCUT2D eigenvalue weighted by Gasteiger charge is -2.29. The van der Waals surface area contributed by atoms with Gasteiger partial charge in [-0.3, -0.25) is 0 Å². The Morgan fingerprint density at radius 1 is 1.13 bits per heavy atom. The van der Waals surface area contributed by atoms with Crippen molar-refractivity contribution in [3.05, 3.63) is 16.1 Å². The molecule has 0 aromatic carbocycles. The molecule has 1 unspecified atom stereocenters. The lowest BCUT2D eigenvalue weighted by Crippen LogP contribution is -2.40. The van der Waals surface area contributed by atoms with E-state index in [2.05, 4.69) is 28.8 Å². The first-order valence-corrected chi connectivity index (χ1v) is 8.86. The first kappa shape index (κ1) is 17.9. The van der Waals surface area contributed by atoms with Gasteiger partial charge in [-0.15, -0.1) is 11.3 Å². The van der Waals surface area contributed by atoms with E-state index in [4.69, 9.17) is 9.47 Å². The zero-order valence-electron chi connectivity index (χ0n) is 14.3. The van der Waals surface area contributed by atoms with E-state index in [1.54, 1.807) is 0 Å². The molecule has 6 nitrogen and oxygen atoms in total. The van der Waals surface area contributed by atoms with Crippen LogP contribution in [0.15, 0.2) is 15.4 Å². The van der Waals surface area contributed by atoms with Crippen LogP contribution in [0.5, 0.6) is 0 Å². The van der Waals surface area contributed by atoms with Crippen LogP contribution in [0.4, 0.5) is 0 Å². The average Bonchev–Trinajstić information content (AvgIpc) is 2.94. The molecule has 0 radical (unpaired) electrons. The number of aliphatic hydroxyl groups is 1. The van der Waals surface area contributed by atoms with Crippen molar-refractivity contribution >= 4 is 23.1 Å². The van der Waals surface area contributed by atoms with Crippen molar-refractivity contribution in [2.45, 2.75) is 52.8 Å². The minimum absolute atomic E-state index is 0.182. The summed E-state index contributed by atoms with van der Waals surface area (Å²) in [5.41, 5.74) is 0.879. The second kappa shape index (κ2) is 7.88. The molecule has 3 atom stereocenters. The van der Waals surface area contributed by atoms with Crippen molar-refractivity contribution < 1.29 is 14.6 Å². The van der Waals surface area contributed by atoms with Gasteiger partial charge in [0.1, 0.15) is 17.2 Å². The summed E-state index contributed by atoms with van der Waals surface area (Å²) in [6.45, 7) is 10.8. The molecule has 1 aromatic heterocycles. The van der Waals surface area contributed by atoms with Crippen molar-refractivity contribution in [2.75, 3.05) is 13.2 Å². The number of hydrogen-bond acceptors (Lipinski definition) is 7. The van der Waals surface area contributed by atoms with E-state index in [1.807, 2.05) is 26.2 Å². The van der Waals surface area contributed by atoms with Crippen molar-refractivity contribution in [3.8, 4) is 0 Å². The minimum Gasteiger partial charge on any atom is -0.480 e. The molecule has 0 bridgehead atoms. The molecule has 1 N–H and O–H groups in total. The van der Waals surface area contributed by atoms with Crippen LogP contribution in [0.3, 0.4) is 0 Å². The standard InChI is InChI=1S/C16H25N3O3S/c1-6-21-14-11(9(3)4)18-15(22-7-2)12(19-14)13(20)16-17-10(5)8-23-16/h8-9,11-13,20H,6-7H2,1-5H3/t11-,12?,13+/m1/s1. The maximum Gasteiger partial charge on any atom is 0.212 e.